The zero-order valence-corrected chi connectivity index (χ0v) is 15.6. The minimum atomic E-state index is -0.0464. The fourth-order valence-electron chi connectivity index (χ4n) is 7.14. The summed E-state index contributed by atoms with van der Waals surface area (Å²) in [5.41, 5.74) is 1.62. The number of hydrogen-bond acceptors (Lipinski definition) is 2. The van der Waals surface area contributed by atoms with Crippen LogP contribution in [-0.2, 0) is 9.59 Å². The van der Waals surface area contributed by atoms with E-state index in [1.807, 2.05) is 6.08 Å². The first-order valence-electron chi connectivity index (χ1n) is 10.2. The van der Waals surface area contributed by atoms with Crippen LogP contribution >= 0.6 is 0 Å². The molecule has 0 spiro atoms. The highest BCUT2D eigenvalue weighted by Crippen LogP contribution is 2.66. The number of fused-ring (bicyclic) bond motifs is 5. The van der Waals surface area contributed by atoms with Gasteiger partial charge in [0, 0.05) is 18.3 Å². The number of ketones is 2. The van der Waals surface area contributed by atoms with Crippen molar-refractivity contribution in [3.63, 3.8) is 0 Å². The van der Waals surface area contributed by atoms with E-state index >= 15 is 0 Å². The first kappa shape index (κ1) is 16.5. The molecule has 4 rings (SSSR count). The van der Waals surface area contributed by atoms with Crippen molar-refractivity contribution in [1.82, 2.24) is 0 Å². The molecule has 3 saturated carbocycles. The van der Waals surface area contributed by atoms with Gasteiger partial charge in [0.05, 0.1) is 0 Å². The Morgan fingerprint density at radius 2 is 1.79 bits per heavy atom. The van der Waals surface area contributed by atoms with Crippen LogP contribution in [0.3, 0.4) is 0 Å². The molecule has 132 valence electrons. The van der Waals surface area contributed by atoms with E-state index in [2.05, 4.69) is 20.8 Å². The van der Waals surface area contributed by atoms with E-state index in [0.717, 1.165) is 38.5 Å². The second-order valence-electron chi connectivity index (χ2n) is 9.51. The van der Waals surface area contributed by atoms with Gasteiger partial charge in [0.25, 0.3) is 0 Å². The lowest BCUT2D eigenvalue weighted by molar-refractivity contribution is -0.135. The van der Waals surface area contributed by atoms with Crippen molar-refractivity contribution in [3.05, 3.63) is 11.6 Å². The van der Waals surface area contributed by atoms with Crippen LogP contribution in [0.2, 0.25) is 0 Å². The largest absolute Gasteiger partial charge is 0.299 e. The summed E-state index contributed by atoms with van der Waals surface area (Å²) in [7, 11) is 0. The highest BCUT2D eigenvalue weighted by molar-refractivity contribution is 5.91. The summed E-state index contributed by atoms with van der Waals surface area (Å²) >= 11 is 0. The van der Waals surface area contributed by atoms with E-state index in [4.69, 9.17) is 0 Å². The monoisotopic (exact) mass is 328 g/mol. The van der Waals surface area contributed by atoms with Gasteiger partial charge in [-0.1, -0.05) is 39.2 Å². The normalized spacial score (nSPS) is 47.7. The van der Waals surface area contributed by atoms with Crippen LogP contribution in [0.1, 0.15) is 78.6 Å². The zero-order valence-electron chi connectivity index (χ0n) is 15.6. The van der Waals surface area contributed by atoms with Crippen LogP contribution in [0, 0.1) is 34.5 Å². The molecule has 3 fully saturated rings. The summed E-state index contributed by atoms with van der Waals surface area (Å²) < 4.78 is 0. The number of carbonyl (C=O) groups is 2. The summed E-state index contributed by atoms with van der Waals surface area (Å²) in [4.78, 5) is 24.7. The smallest absolute Gasteiger partial charge is 0.155 e. The Morgan fingerprint density at radius 1 is 1.04 bits per heavy atom. The summed E-state index contributed by atoms with van der Waals surface area (Å²) in [6.45, 7) is 6.99. The average Bonchev–Trinajstić information content (AvgIpc) is 2.85. The lowest BCUT2D eigenvalue weighted by atomic mass is 9.44. The maximum Gasteiger partial charge on any atom is 0.155 e. The number of carbonyl (C=O) groups excluding carboxylic acids is 2. The Bertz CT molecular complexity index is 603. The van der Waals surface area contributed by atoms with Crippen LogP contribution in [0.5, 0.6) is 0 Å². The van der Waals surface area contributed by atoms with E-state index in [-0.39, 0.29) is 10.8 Å². The summed E-state index contributed by atoms with van der Waals surface area (Å²) in [6, 6.07) is 0. The minimum Gasteiger partial charge on any atom is -0.299 e. The fourth-order valence-corrected chi connectivity index (χ4v) is 7.14. The van der Waals surface area contributed by atoms with E-state index in [0.29, 0.717) is 35.2 Å². The molecule has 0 amide bonds. The number of Topliss-reactive ketones (excluding diaryl/α,β-unsaturated/α-hetero) is 1. The first-order valence-corrected chi connectivity index (χ1v) is 10.2. The summed E-state index contributed by atoms with van der Waals surface area (Å²) in [5.74, 6) is 3.54. The van der Waals surface area contributed by atoms with Crippen molar-refractivity contribution in [2.75, 3.05) is 0 Å². The quantitative estimate of drug-likeness (QED) is 0.705. The lowest BCUT2D eigenvalue weighted by Gasteiger charge is -2.59. The highest BCUT2D eigenvalue weighted by atomic mass is 16.1. The van der Waals surface area contributed by atoms with Gasteiger partial charge < -0.3 is 0 Å². The number of rotatable bonds is 2. The van der Waals surface area contributed by atoms with Crippen molar-refractivity contribution in [1.29, 1.82) is 0 Å². The molecule has 0 heterocycles. The van der Waals surface area contributed by atoms with E-state index in [1.54, 1.807) is 0 Å². The lowest BCUT2D eigenvalue weighted by Crippen LogP contribution is -2.53. The molecule has 24 heavy (non-hydrogen) atoms. The SMILES string of the molecule is CCC[C@@H]1CC2=CC(=O)CC[C@]2(C)[C@H]2CC[C@]3(C)C(=O)CC[C@H]3[C@H]12. The van der Waals surface area contributed by atoms with Gasteiger partial charge in [-0.15, -0.1) is 0 Å². The van der Waals surface area contributed by atoms with Crippen molar-refractivity contribution in [2.45, 2.75) is 78.6 Å². The molecule has 2 nitrogen and oxygen atoms in total. The molecular formula is C22H32O2. The Labute approximate surface area is 146 Å². The highest BCUT2D eigenvalue weighted by Gasteiger charge is 2.61. The van der Waals surface area contributed by atoms with Crippen molar-refractivity contribution >= 4 is 11.6 Å². The summed E-state index contributed by atoms with van der Waals surface area (Å²) in [6.07, 6.45) is 11.5. The average molecular weight is 328 g/mol. The molecule has 0 aromatic rings. The predicted octanol–water partition coefficient (Wildman–Crippen LogP) is 5.11. The third-order valence-electron chi connectivity index (χ3n) is 8.51. The van der Waals surface area contributed by atoms with Crippen LogP contribution in [0.25, 0.3) is 0 Å². The molecule has 0 saturated heterocycles. The van der Waals surface area contributed by atoms with Crippen LogP contribution < -0.4 is 0 Å². The Morgan fingerprint density at radius 3 is 2.54 bits per heavy atom. The van der Waals surface area contributed by atoms with Gasteiger partial charge in [-0.2, -0.15) is 0 Å². The third kappa shape index (κ3) is 2.14. The molecule has 4 aliphatic rings. The molecule has 0 aromatic carbocycles. The summed E-state index contributed by atoms with van der Waals surface area (Å²) in [5, 5.41) is 0. The van der Waals surface area contributed by atoms with Crippen molar-refractivity contribution in [3.8, 4) is 0 Å². The first-order chi connectivity index (χ1) is 11.4. The van der Waals surface area contributed by atoms with E-state index < -0.39 is 0 Å². The molecule has 0 aliphatic heterocycles. The van der Waals surface area contributed by atoms with E-state index in [1.165, 1.54) is 24.8 Å². The van der Waals surface area contributed by atoms with Crippen LogP contribution in [0.4, 0.5) is 0 Å². The van der Waals surface area contributed by atoms with Gasteiger partial charge in [-0.3, -0.25) is 9.59 Å². The maximum atomic E-state index is 12.6. The van der Waals surface area contributed by atoms with E-state index in [9.17, 15) is 9.59 Å². The Balaban J connectivity index is 1.76. The predicted molar refractivity (Wildman–Crippen MR) is 95.5 cm³/mol. The fraction of sp³-hybridized carbons (Fsp3) is 0.818. The zero-order chi connectivity index (χ0) is 17.1. The van der Waals surface area contributed by atoms with Gasteiger partial charge in [0.2, 0.25) is 0 Å². The van der Waals surface area contributed by atoms with Crippen molar-refractivity contribution < 1.29 is 9.59 Å². The molecule has 0 unspecified atom stereocenters. The molecule has 2 heteroatoms. The number of hydrogen-bond donors (Lipinski definition) is 0. The Kier molecular flexibility index (Phi) is 3.82. The molecule has 0 bridgehead atoms. The molecule has 0 radical (unpaired) electrons. The minimum absolute atomic E-state index is 0.0464. The third-order valence-corrected chi connectivity index (χ3v) is 8.51. The molecular weight excluding hydrogens is 296 g/mol. The molecule has 4 aliphatic carbocycles. The van der Waals surface area contributed by atoms with Crippen LogP contribution in [-0.4, -0.2) is 11.6 Å². The van der Waals surface area contributed by atoms with Crippen LogP contribution in [0.15, 0.2) is 11.6 Å². The second-order valence-corrected chi connectivity index (χ2v) is 9.51. The number of allylic oxidation sites excluding steroid dienone is 1. The van der Waals surface area contributed by atoms with Crippen molar-refractivity contribution in [2.24, 2.45) is 34.5 Å². The standard InChI is InChI=1S/C22H32O2/c1-4-5-14-12-15-13-16(23)8-10-21(15,2)18-9-11-22(3)17(20(14)18)6-7-19(22)24/h13-14,17-18,20H,4-12H2,1-3H3/t14-,17+,18+,20+,21+,22+/m1/s1. The molecule has 6 atom stereocenters. The topological polar surface area (TPSA) is 34.1 Å². The maximum absolute atomic E-state index is 12.6. The van der Waals surface area contributed by atoms with Gasteiger partial charge >= 0.3 is 0 Å². The van der Waals surface area contributed by atoms with Gasteiger partial charge in [0.1, 0.15) is 5.78 Å². The van der Waals surface area contributed by atoms with Gasteiger partial charge in [-0.25, -0.2) is 0 Å². The molecule has 0 aromatic heterocycles. The van der Waals surface area contributed by atoms with Gasteiger partial charge in [-0.05, 0) is 67.3 Å². The Hall–Kier alpha value is -0.920. The molecule has 0 N–H and O–H groups in total. The second kappa shape index (κ2) is 5.54. The van der Waals surface area contributed by atoms with Gasteiger partial charge in [0.15, 0.2) is 5.78 Å².